The summed E-state index contributed by atoms with van der Waals surface area (Å²) in [6.45, 7) is 6.12. The molecule has 0 amide bonds. The first-order chi connectivity index (χ1) is 14.5. The molecule has 0 spiro atoms. The van der Waals surface area contributed by atoms with Crippen LogP contribution in [-0.2, 0) is 16.8 Å². The maximum Gasteiger partial charge on any atom is 0.358 e. The second kappa shape index (κ2) is 9.77. The summed E-state index contributed by atoms with van der Waals surface area (Å²) in [7, 11) is 2.05. The van der Waals surface area contributed by atoms with Gasteiger partial charge in [-0.25, -0.2) is 15.2 Å². The van der Waals surface area contributed by atoms with Crippen LogP contribution in [0.1, 0.15) is 25.0 Å². The number of fused-ring (bicyclic) bond motifs is 1. The molecule has 1 aliphatic heterocycles. The average Bonchev–Trinajstić information content (AvgIpc) is 3.40. The zero-order valence-electron chi connectivity index (χ0n) is 17.4. The molecule has 0 bridgehead atoms. The van der Waals surface area contributed by atoms with Gasteiger partial charge in [0.1, 0.15) is 5.84 Å². The Morgan fingerprint density at radius 2 is 1.97 bits per heavy atom. The van der Waals surface area contributed by atoms with Crippen molar-refractivity contribution < 1.29 is 14.3 Å². The molecule has 0 saturated carbocycles. The Hall–Kier alpha value is -2.84. The number of rotatable bonds is 5. The van der Waals surface area contributed by atoms with Crippen molar-refractivity contribution in [2.75, 3.05) is 5.75 Å². The fourth-order valence-corrected chi connectivity index (χ4v) is 4.06. The molecule has 0 saturated heterocycles. The monoisotopic (exact) mass is 428 g/mol. The topological polar surface area (TPSA) is 67.7 Å². The van der Waals surface area contributed by atoms with Crippen molar-refractivity contribution in [1.82, 2.24) is 15.4 Å². The van der Waals surface area contributed by atoms with Crippen molar-refractivity contribution in [1.29, 1.82) is 0 Å². The quantitative estimate of drug-likeness (QED) is 0.627. The highest BCUT2D eigenvalue weighted by Gasteiger charge is 2.20. The van der Waals surface area contributed by atoms with Crippen LogP contribution in [0.3, 0.4) is 0 Å². The molecular weight excluding hydrogens is 403 g/mol. The number of hydrogen-bond donors (Lipinski definition) is 2. The minimum Gasteiger partial charge on any atom is -0.350 e. The molecule has 3 aromatic rings. The minimum absolute atomic E-state index is 0.122. The second-order valence-electron chi connectivity index (χ2n) is 6.60. The van der Waals surface area contributed by atoms with Crippen molar-refractivity contribution in [3.8, 4) is 11.1 Å². The van der Waals surface area contributed by atoms with Crippen molar-refractivity contribution in [3.63, 3.8) is 0 Å². The maximum absolute atomic E-state index is 11.8. The van der Waals surface area contributed by atoms with E-state index in [4.69, 9.17) is 0 Å². The normalized spacial score (nSPS) is 15.2. The standard InChI is InChI=1S/C20H19FN4O2S.C2H6/c1-12-8-16(10-14-6-7-25(2)18(12)14)13-4-3-5-15(9-13)19-22-20(24-23-19)28-11-17(26)27-21;1-2/h3-10,20,24H,11H2,1-2H3,(H,22,23);1-2H3. The van der Waals surface area contributed by atoms with Crippen LogP contribution in [0.15, 0.2) is 53.7 Å². The highest BCUT2D eigenvalue weighted by atomic mass is 32.2. The molecule has 1 aliphatic rings. The summed E-state index contributed by atoms with van der Waals surface area (Å²) in [5, 5.41) is 1.21. The third-order valence-corrected chi connectivity index (χ3v) is 5.58. The van der Waals surface area contributed by atoms with Crippen LogP contribution in [0, 0.1) is 6.92 Å². The van der Waals surface area contributed by atoms with Crippen LogP contribution in [0.25, 0.3) is 22.0 Å². The van der Waals surface area contributed by atoms with Gasteiger partial charge in [0, 0.05) is 28.7 Å². The van der Waals surface area contributed by atoms with Gasteiger partial charge < -0.3 is 9.99 Å². The number of carbonyl (C=O) groups excluding carboxylic acids is 1. The number of nitrogens with zero attached hydrogens (tertiary/aromatic N) is 2. The fraction of sp³-hybridized carbons (Fsp3) is 0.273. The van der Waals surface area contributed by atoms with E-state index < -0.39 is 5.97 Å². The number of benzene rings is 2. The molecule has 2 N–H and O–H groups in total. The Morgan fingerprint density at radius 1 is 1.20 bits per heavy atom. The highest BCUT2D eigenvalue weighted by molar-refractivity contribution is 8.00. The second-order valence-corrected chi connectivity index (χ2v) is 7.67. The lowest BCUT2D eigenvalue weighted by molar-refractivity contribution is -0.179. The van der Waals surface area contributed by atoms with Crippen LogP contribution < -0.4 is 10.9 Å². The Kier molecular flexibility index (Phi) is 7.12. The molecule has 0 aliphatic carbocycles. The molecule has 2 heterocycles. The number of aryl methyl sites for hydroxylation is 2. The van der Waals surface area contributed by atoms with E-state index in [-0.39, 0.29) is 11.3 Å². The zero-order chi connectivity index (χ0) is 21.7. The molecule has 8 heteroatoms. The van der Waals surface area contributed by atoms with Gasteiger partial charge in [-0.2, -0.15) is 0 Å². The molecule has 6 nitrogen and oxygen atoms in total. The summed E-state index contributed by atoms with van der Waals surface area (Å²) in [5.74, 6) is -0.377. The number of hydrazine groups is 1. The van der Waals surface area contributed by atoms with Crippen LogP contribution in [0.4, 0.5) is 4.53 Å². The maximum atomic E-state index is 11.8. The van der Waals surface area contributed by atoms with Crippen LogP contribution in [0.5, 0.6) is 0 Å². The summed E-state index contributed by atoms with van der Waals surface area (Å²) < 4.78 is 13.9. The minimum atomic E-state index is -0.927. The fourth-order valence-electron chi connectivity index (χ4n) is 3.40. The first-order valence-electron chi connectivity index (χ1n) is 9.74. The number of thioether (sulfide) groups is 1. The summed E-state index contributed by atoms with van der Waals surface area (Å²) in [6, 6.07) is 14.6. The van der Waals surface area contributed by atoms with Crippen molar-refractivity contribution in [2.45, 2.75) is 26.3 Å². The average molecular weight is 429 g/mol. The molecular formula is C22H25FN4O2S. The van der Waals surface area contributed by atoms with Gasteiger partial charge in [0.2, 0.25) is 0 Å². The smallest absolute Gasteiger partial charge is 0.350 e. The lowest BCUT2D eigenvalue weighted by Crippen LogP contribution is -2.34. The summed E-state index contributed by atoms with van der Waals surface area (Å²) in [6.07, 6.45) is 2.07. The zero-order valence-corrected chi connectivity index (χ0v) is 18.2. The van der Waals surface area contributed by atoms with Crippen molar-refractivity contribution in [3.05, 3.63) is 59.8 Å². The predicted molar refractivity (Wildman–Crippen MR) is 121 cm³/mol. The van der Waals surface area contributed by atoms with E-state index in [1.165, 1.54) is 16.5 Å². The van der Waals surface area contributed by atoms with Crippen molar-refractivity contribution >= 4 is 34.5 Å². The number of carbonyl (C=O) groups is 1. The Morgan fingerprint density at radius 3 is 2.73 bits per heavy atom. The van der Waals surface area contributed by atoms with Gasteiger partial charge in [-0.05, 0) is 47.9 Å². The van der Waals surface area contributed by atoms with E-state index in [0.29, 0.717) is 5.84 Å². The summed E-state index contributed by atoms with van der Waals surface area (Å²) in [5.41, 5.74) is 11.2. The van der Waals surface area contributed by atoms with E-state index in [0.717, 1.165) is 28.5 Å². The van der Waals surface area contributed by atoms with Crippen LogP contribution in [-0.4, -0.2) is 27.6 Å². The molecule has 158 valence electrons. The lowest BCUT2D eigenvalue weighted by Gasteiger charge is -2.09. The van der Waals surface area contributed by atoms with Crippen molar-refractivity contribution in [2.24, 2.45) is 12.0 Å². The molecule has 2 aromatic carbocycles. The van der Waals surface area contributed by atoms with Gasteiger partial charge in [-0.15, -0.1) is 11.8 Å². The molecule has 30 heavy (non-hydrogen) atoms. The number of amidine groups is 1. The number of halogens is 1. The van der Waals surface area contributed by atoms with E-state index >= 15 is 0 Å². The third kappa shape index (κ3) is 4.66. The van der Waals surface area contributed by atoms with Crippen LogP contribution >= 0.6 is 11.8 Å². The van der Waals surface area contributed by atoms with Gasteiger partial charge in [0.15, 0.2) is 5.50 Å². The Bertz CT molecular complexity index is 1080. The lowest BCUT2D eigenvalue weighted by atomic mass is 9.99. The number of nitrogens with one attached hydrogen (secondary N) is 2. The SMILES string of the molecule is CC.Cc1cc(-c2cccc(C3=NC(SCC(=O)OF)NN3)c2)cc2ccn(C)c12. The van der Waals surface area contributed by atoms with E-state index in [1.807, 2.05) is 33.0 Å². The first-order valence-corrected chi connectivity index (χ1v) is 10.8. The predicted octanol–water partition coefficient (Wildman–Crippen LogP) is 4.48. The molecule has 0 radical (unpaired) electrons. The highest BCUT2D eigenvalue weighted by Crippen LogP contribution is 2.29. The van der Waals surface area contributed by atoms with E-state index in [1.54, 1.807) is 0 Å². The number of aliphatic imine (C=N–C) groups is 1. The molecule has 1 unspecified atom stereocenters. The molecule has 1 atom stereocenters. The van der Waals surface area contributed by atoms with Gasteiger partial charge >= 0.3 is 5.97 Å². The van der Waals surface area contributed by atoms with Gasteiger partial charge in [-0.3, -0.25) is 4.94 Å². The van der Waals surface area contributed by atoms with Gasteiger partial charge in [0.25, 0.3) is 0 Å². The Balaban J connectivity index is 0.00000124. The van der Waals surface area contributed by atoms with E-state index in [9.17, 15) is 9.32 Å². The number of aromatic nitrogens is 1. The van der Waals surface area contributed by atoms with Crippen LogP contribution in [0.2, 0.25) is 0 Å². The summed E-state index contributed by atoms with van der Waals surface area (Å²) in [4.78, 5) is 18.6. The van der Waals surface area contributed by atoms with Gasteiger partial charge in [0.05, 0.1) is 11.3 Å². The molecule has 4 rings (SSSR count). The summed E-state index contributed by atoms with van der Waals surface area (Å²) >= 11 is 1.14. The first kappa shape index (κ1) is 21.9. The van der Waals surface area contributed by atoms with Gasteiger partial charge in [-0.1, -0.05) is 32.0 Å². The third-order valence-electron chi connectivity index (χ3n) is 4.64. The number of hydrogen-bond acceptors (Lipinski definition) is 6. The largest absolute Gasteiger partial charge is 0.358 e. The molecule has 0 fully saturated rings. The van der Waals surface area contributed by atoms with E-state index in [2.05, 4.69) is 68.8 Å². The molecule has 1 aromatic heterocycles. The Labute approximate surface area is 179 Å².